The van der Waals surface area contributed by atoms with Crippen LogP contribution in [0.2, 0.25) is 0 Å². The molecule has 0 spiro atoms. The molecule has 0 heterocycles. The molecule has 76 valence electrons. The van der Waals surface area contributed by atoms with Crippen molar-refractivity contribution in [2.24, 2.45) is 5.73 Å². The van der Waals surface area contributed by atoms with Crippen LogP contribution < -0.4 is 5.73 Å². The van der Waals surface area contributed by atoms with Gasteiger partial charge in [0.05, 0.1) is 0 Å². The van der Waals surface area contributed by atoms with Gasteiger partial charge in [-0.05, 0) is 37.1 Å². The first kappa shape index (κ1) is 10.7. The van der Waals surface area contributed by atoms with Gasteiger partial charge in [0, 0.05) is 0 Å². The fraction of sp³-hybridized carbons (Fsp3) is 0.300. The van der Waals surface area contributed by atoms with Gasteiger partial charge in [-0.25, -0.2) is 9.18 Å². The molecule has 4 heteroatoms. The van der Waals surface area contributed by atoms with E-state index in [1.165, 1.54) is 25.1 Å². The normalized spacial score (nSPS) is 14.9. The highest BCUT2D eigenvalue weighted by molar-refractivity contribution is 5.80. The average molecular weight is 197 g/mol. The van der Waals surface area contributed by atoms with Gasteiger partial charge in [0.15, 0.2) is 0 Å². The molecule has 3 N–H and O–H groups in total. The minimum Gasteiger partial charge on any atom is -0.480 e. The van der Waals surface area contributed by atoms with E-state index in [-0.39, 0.29) is 0 Å². The number of hydrogen-bond acceptors (Lipinski definition) is 2. The highest BCUT2D eigenvalue weighted by Gasteiger charge is 2.31. The van der Waals surface area contributed by atoms with Crippen molar-refractivity contribution in [3.8, 4) is 0 Å². The zero-order chi connectivity index (χ0) is 10.9. The van der Waals surface area contributed by atoms with Crippen molar-refractivity contribution in [2.45, 2.75) is 19.4 Å². The van der Waals surface area contributed by atoms with E-state index in [9.17, 15) is 9.18 Å². The molecular weight excluding hydrogens is 185 g/mol. The molecule has 0 fully saturated rings. The van der Waals surface area contributed by atoms with Gasteiger partial charge in [0.2, 0.25) is 0 Å². The largest absolute Gasteiger partial charge is 0.480 e. The maximum absolute atomic E-state index is 12.7. The molecule has 1 aromatic carbocycles. The Morgan fingerprint density at radius 1 is 1.57 bits per heavy atom. The van der Waals surface area contributed by atoms with Crippen LogP contribution in [0.1, 0.15) is 18.1 Å². The molecule has 1 aromatic rings. The predicted octanol–water partition coefficient (Wildman–Crippen LogP) is 1.39. The topological polar surface area (TPSA) is 63.3 Å². The Bertz CT molecular complexity index is 374. The Morgan fingerprint density at radius 3 is 2.57 bits per heavy atom. The first-order valence-corrected chi connectivity index (χ1v) is 4.14. The Balaban J connectivity index is 3.26. The molecule has 0 saturated carbocycles. The standard InChI is InChI=1S/C10H12FNO2/c1-6-5-7(11)3-4-8(6)10(2,12)9(13)14/h3-5H,12H2,1-2H3,(H,13,14)/t10-/m1/s1. The van der Waals surface area contributed by atoms with Gasteiger partial charge in [0.25, 0.3) is 0 Å². The molecular formula is C10H12FNO2. The predicted molar refractivity (Wildman–Crippen MR) is 50.3 cm³/mol. The fourth-order valence-electron chi connectivity index (χ4n) is 1.32. The van der Waals surface area contributed by atoms with Crippen LogP contribution in [0.4, 0.5) is 4.39 Å². The molecule has 0 bridgehead atoms. The van der Waals surface area contributed by atoms with E-state index in [1.54, 1.807) is 6.92 Å². The second-order valence-electron chi connectivity index (χ2n) is 3.47. The number of benzene rings is 1. The van der Waals surface area contributed by atoms with Crippen molar-refractivity contribution in [1.82, 2.24) is 0 Å². The summed E-state index contributed by atoms with van der Waals surface area (Å²) in [5.74, 6) is -1.53. The fourth-order valence-corrected chi connectivity index (χ4v) is 1.32. The van der Waals surface area contributed by atoms with E-state index >= 15 is 0 Å². The van der Waals surface area contributed by atoms with Crippen LogP contribution in [0.3, 0.4) is 0 Å². The number of aryl methyl sites for hydroxylation is 1. The van der Waals surface area contributed by atoms with Crippen LogP contribution in [0.5, 0.6) is 0 Å². The first-order valence-electron chi connectivity index (χ1n) is 4.14. The molecule has 14 heavy (non-hydrogen) atoms. The summed E-state index contributed by atoms with van der Waals surface area (Å²) in [5, 5.41) is 8.87. The Morgan fingerprint density at radius 2 is 2.14 bits per heavy atom. The summed E-state index contributed by atoms with van der Waals surface area (Å²) in [6, 6.07) is 3.87. The first-order chi connectivity index (χ1) is 6.35. The summed E-state index contributed by atoms with van der Waals surface area (Å²) < 4.78 is 12.7. The lowest BCUT2D eigenvalue weighted by Gasteiger charge is -2.21. The van der Waals surface area contributed by atoms with Crippen molar-refractivity contribution in [3.63, 3.8) is 0 Å². The second kappa shape index (κ2) is 3.38. The summed E-state index contributed by atoms with van der Waals surface area (Å²) >= 11 is 0. The smallest absolute Gasteiger partial charge is 0.328 e. The number of nitrogens with two attached hydrogens (primary N) is 1. The SMILES string of the molecule is Cc1cc(F)ccc1[C@@](C)(N)C(=O)O. The molecule has 0 aromatic heterocycles. The van der Waals surface area contributed by atoms with Gasteiger partial charge in [-0.3, -0.25) is 0 Å². The number of hydrogen-bond donors (Lipinski definition) is 2. The molecule has 0 aliphatic carbocycles. The summed E-state index contributed by atoms with van der Waals surface area (Å²) in [7, 11) is 0. The van der Waals surface area contributed by atoms with Crippen molar-refractivity contribution in [2.75, 3.05) is 0 Å². The molecule has 1 rings (SSSR count). The molecule has 0 unspecified atom stereocenters. The highest BCUT2D eigenvalue weighted by Crippen LogP contribution is 2.22. The van der Waals surface area contributed by atoms with Crippen molar-refractivity contribution in [1.29, 1.82) is 0 Å². The maximum atomic E-state index is 12.7. The number of halogens is 1. The molecule has 0 saturated heterocycles. The third kappa shape index (κ3) is 1.75. The van der Waals surface area contributed by atoms with E-state index < -0.39 is 17.3 Å². The van der Waals surface area contributed by atoms with Crippen LogP contribution in [0, 0.1) is 12.7 Å². The molecule has 0 radical (unpaired) electrons. The summed E-state index contributed by atoms with van der Waals surface area (Å²) in [6.07, 6.45) is 0. The lowest BCUT2D eigenvalue weighted by molar-refractivity contribution is -0.143. The minimum atomic E-state index is -1.47. The van der Waals surface area contributed by atoms with Crippen molar-refractivity contribution < 1.29 is 14.3 Å². The van der Waals surface area contributed by atoms with Gasteiger partial charge >= 0.3 is 5.97 Å². The molecule has 3 nitrogen and oxygen atoms in total. The zero-order valence-corrected chi connectivity index (χ0v) is 8.04. The van der Waals surface area contributed by atoms with Crippen molar-refractivity contribution >= 4 is 5.97 Å². The lowest BCUT2D eigenvalue weighted by atomic mass is 9.90. The van der Waals surface area contributed by atoms with E-state index in [1.807, 2.05) is 0 Å². The van der Waals surface area contributed by atoms with Crippen LogP contribution in [0.15, 0.2) is 18.2 Å². The van der Waals surface area contributed by atoms with E-state index in [2.05, 4.69) is 0 Å². The van der Waals surface area contributed by atoms with Gasteiger partial charge < -0.3 is 10.8 Å². The van der Waals surface area contributed by atoms with Crippen LogP contribution >= 0.6 is 0 Å². The van der Waals surface area contributed by atoms with Crippen LogP contribution in [-0.4, -0.2) is 11.1 Å². The Labute approximate surface area is 81.4 Å². The molecule has 0 aliphatic rings. The summed E-state index contributed by atoms with van der Waals surface area (Å²) in [6.45, 7) is 3.02. The third-order valence-corrected chi connectivity index (χ3v) is 2.19. The zero-order valence-electron chi connectivity index (χ0n) is 8.04. The molecule has 1 atom stereocenters. The van der Waals surface area contributed by atoms with Gasteiger partial charge in [0.1, 0.15) is 11.4 Å². The summed E-state index contributed by atoms with van der Waals surface area (Å²) in [4.78, 5) is 10.8. The van der Waals surface area contributed by atoms with Crippen LogP contribution in [0.25, 0.3) is 0 Å². The second-order valence-corrected chi connectivity index (χ2v) is 3.47. The molecule has 0 amide bonds. The number of rotatable bonds is 2. The van der Waals surface area contributed by atoms with Gasteiger partial charge in [-0.2, -0.15) is 0 Å². The quantitative estimate of drug-likeness (QED) is 0.753. The van der Waals surface area contributed by atoms with Crippen LogP contribution in [-0.2, 0) is 10.3 Å². The third-order valence-electron chi connectivity index (χ3n) is 2.19. The summed E-state index contributed by atoms with van der Waals surface area (Å²) in [5.41, 5.74) is 5.10. The average Bonchev–Trinajstić information content (AvgIpc) is 2.02. The van der Waals surface area contributed by atoms with Crippen molar-refractivity contribution in [3.05, 3.63) is 35.1 Å². The van der Waals surface area contributed by atoms with E-state index in [4.69, 9.17) is 10.8 Å². The monoisotopic (exact) mass is 197 g/mol. The van der Waals surface area contributed by atoms with Gasteiger partial charge in [-0.1, -0.05) is 6.07 Å². The van der Waals surface area contributed by atoms with E-state index in [0.29, 0.717) is 11.1 Å². The minimum absolute atomic E-state index is 0.396. The number of carbonyl (C=O) groups is 1. The molecule has 0 aliphatic heterocycles. The number of carboxylic acids is 1. The Hall–Kier alpha value is -1.42. The highest BCUT2D eigenvalue weighted by atomic mass is 19.1. The van der Waals surface area contributed by atoms with E-state index in [0.717, 1.165) is 0 Å². The maximum Gasteiger partial charge on any atom is 0.328 e. The number of carboxylic acid groups (broad SMARTS) is 1. The lowest BCUT2D eigenvalue weighted by Crippen LogP contribution is -2.42. The number of aliphatic carboxylic acids is 1. The Kier molecular flexibility index (Phi) is 2.57. The van der Waals surface area contributed by atoms with Gasteiger partial charge in [-0.15, -0.1) is 0 Å².